The standard InChI is InChI=1S/C14H15F3N2OS2/c1-8(22-14(21)19-6-2-3-7-19)13(20)18-10-5-4-9(15)11(16)12(10)17/h4-5,8H,2-3,6-7H2,1H3,(H,18,20)/t8-/m0/s1. The molecule has 120 valence electrons. The van der Waals surface area contributed by atoms with Gasteiger partial charge in [-0.05, 0) is 31.9 Å². The molecule has 0 aliphatic carbocycles. The first-order chi connectivity index (χ1) is 10.4. The summed E-state index contributed by atoms with van der Waals surface area (Å²) in [4.78, 5) is 14.0. The normalized spacial score (nSPS) is 15.7. The number of anilines is 1. The summed E-state index contributed by atoms with van der Waals surface area (Å²) in [5.74, 6) is -4.83. The molecule has 1 aromatic carbocycles. The number of rotatable bonds is 3. The first-order valence-corrected chi connectivity index (χ1v) is 8.09. The second kappa shape index (κ2) is 7.32. The lowest BCUT2D eigenvalue weighted by Gasteiger charge is -2.20. The van der Waals surface area contributed by atoms with Crippen molar-refractivity contribution in [1.82, 2.24) is 4.90 Å². The molecule has 1 aliphatic heterocycles. The van der Waals surface area contributed by atoms with Gasteiger partial charge in [-0.25, -0.2) is 13.2 Å². The number of nitrogens with one attached hydrogen (secondary N) is 1. The molecule has 1 aromatic rings. The van der Waals surface area contributed by atoms with Crippen LogP contribution in [0.5, 0.6) is 0 Å². The third-order valence-corrected chi connectivity index (χ3v) is 4.88. The summed E-state index contributed by atoms with van der Waals surface area (Å²) in [5, 5.41) is 1.69. The van der Waals surface area contributed by atoms with E-state index in [-0.39, 0.29) is 5.69 Å². The maximum atomic E-state index is 13.5. The number of carbonyl (C=O) groups is 1. The van der Waals surface area contributed by atoms with E-state index in [1.54, 1.807) is 6.92 Å². The van der Waals surface area contributed by atoms with Gasteiger partial charge >= 0.3 is 0 Å². The van der Waals surface area contributed by atoms with Gasteiger partial charge in [0.15, 0.2) is 17.5 Å². The third kappa shape index (κ3) is 3.92. The Morgan fingerprint density at radius 2 is 1.91 bits per heavy atom. The molecule has 1 aliphatic rings. The zero-order valence-corrected chi connectivity index (χ0v) is 13.5. The van der Waals surface area contributed by atoms with Crippen LogP contribution < -0.4 is 5.32 Å². The maximum Gasteiger partial charge on any atom is 0.237 e. The van der Waals surface area contributed by atoms with Gasteiger partial charge in [0, 0.05) is 13.1 Å². The van der Waals surface area contributed by atoms with Crippen LogP contribution in [-0.4, -0.2) is 33.5 Å². The summed E-state index contributed by atoms with van der Waals surface area (Å²) in [5.41, 5.74) is -0.386. The highest BCUT2D eigenvalue weighted by molar-refractivity contribution is 8.23. The number of hydrogen-bond donors (Lipinski definition) is 1. The van der Waals surface area contributed by atoms with Crippen molar-refractivity contribution in [3.05, 3.63) is 29.6 Å². The molecule has 3 nitrogen and oxygen atoms in total. The fraction of sp³-hybridized carbons (Fsp3) is 0.429. The van der Waals surface area contributed by atoms with Crippen molar-refractivity contribution in [2.45, 2.75) is 25.0 Å². The predicted molar refractivity (Wildman–Crippen MR) is 85.4 cm³/mol. The van der Waals surface area contributed by atoms with Gasteiger partial charge in [0.25, 0.3) is 0 Å². The number of halogens is 3. The Balaban J connectivity index is 1.96. The van der Waals surface area contributed by atoms with Crippen LogP contribution in [0, 0.1) is 17.5 Å². The molecule has 1 N–H and O–H groups in total. The van der Waals surface area contributed by atoms with Crippen LogP contribution in [0.2, 0.25) is 0 Å². The van der Waals surface area contributed by atoms with Crippen LogP contribution in [-0.2, 0) is 4.79 Å². The average molecular weight is 348 g/mol. The Kier molecular flexibility index (Phi) is 5.69. The summed E-state index contributed by atoms with van der Waals surface area (Å²) in [6.07, 6.45) is 2.14. The number of carbonyl (C=O) groups excluding carboxylic acids is 1. The van der Waals surface area contributed by atoms with Gasteiger partial charge in [0.2, 0.25) is 5.91 Å². The number of thioether (sulfide) groups is 1. The first kappa shape index (κ1) is 17.1. The monoisotopic (exact) mass is 348 g/mol. The highest BCUT2D eigenvalue weighted by atomic mass is 32.2. The molecule has 0 radical (unpaired) electrons. The van der Waals surface area contributed by atoms with E-state index < -0.39 is 28.6 Å². The number of nitrogens with zero attached hydrogens (tertiary/aromatic N) is 1. The van der Waals surface area contributed by atoms with Gasteiger partial charge in [0.05, 0.1) is 10.9 Å². The van der Waals surface area contributed by atoms with Gasteiger partial charge < -0.3 is 10.2 Å². The highest BCUT2D eigenvalue weighted by Gasteiger charge is 2.23. The van der Waals surface area contributed by atoms with Crippen molar-refractivity contribution in [2.24, 2.45) is 0 Å². The van der Waals surface area contributed by atoms with Crippen molar-refractivity contribution < 1.29 is 18.0 Å². The zero-order valence-electron chi connectivity index (χ0n) is 11.9. The second-order valence-corrected chi connectivity index (χ2v) is 6.91. The Bertz CT molecular complexity index is 592. The van der Waals surface area contributed by atoms with E-state index in [0.29, 0.717) is 4.32 Å². The van der Waals surface area contributed by atoms with E-state index in [2.05, 4.69) is 5.32 Å². The van der Waals surface area contributed by atoms with Crippen molar-refractivity contribution in [3.8, 4) is 0 Å². The van der Waals surface area contributed by atoms with Crippen molar-refractivity contribution in [1.29, 1.82) is 0 Å². The van der Waals surface area contributed by atoms with Crippen LogP contribution in [0.1, 0.15) is 19.8 Å². The third-order valence-electron chi connectivity index (χ3n) is 3.30. The van der Waals surface area contributed by atoms with Gasteiger partial charge in [-0.15, -0.1) is 0 Å². The molecule has 1 amide bonds. The van der Waals surface area contributed by atoms with Gasteiger partial charge in [-0.1, -0.05) is 24.0 Å². The van der Waals surface area contributed by atoms with E-state index in [0.717, 1.165) is 38.1 Å². The Labute approximate surface area is 136 Å². The molecule has 0 saturated carbocycles. The summed E-state index contributed by atoms with van der Waals surface area (Å²) in [6, 6.07) is 1.75. The average Bonchev–Trinajstić information content (AvgIpc) is 3.02. The summed E-state index contributed by atoms with van der Waals surface area (Å²) >= 11 is 6.46. The van der Waals surface area contributed by atoms with Gasteiger partial charge in [0.1, 0.15) is 4.32 Å². The number of amides is 1. The van der Waals surface area contributed by atoms with E-state index in [4.69, 9.17) is 12.2 Å². The number of benzene rings is 1. The van der Waals surface area contributed by atoms with Crippen LogP contribution in [0.4, 0.5) is 18.9 Å². The number of likely N-dealkylation sites (tertiary alicyclic amines) is 1. The van der Waals surface area contributed by atoms with Crippen LogP contribution >= 0.6 is 24.0 Å². The second-order valence-electron chi connectivity index (χ2n) is 4.93. The fourth-order valence-electron chi connectivity index (χ4n) is 2.04. The van der Waals surface area contributed by atoms with Gasteiger partial charge in [-0.2, -0.15) is 0 Å². The topological polar surface area (TPSA) is 32.3 Å². The van der Waals surface area contributed by atoms with Crippen LogP contribution in [0.3, 0.4) is 0 Å². The molecule has 0 bridgehead atoms. The Hall–Kier alpha value is -1.28. The summed E-state index contributed by atoms with van der Waals surface area (Å²) < 4.78 is 40.1. The smallest absolute Gasteiger partial charge is 0.237 e. The molecule has 0 spiro atoms. The van der Waals surface area contributed by atoms with Crippen molar-refractivity contribution in [3.63, 3.8) is 0 Å². The molecular weight excluding hydrogens is 333 g/mol. The SMILES string of the molecule is C[C@H](SC(=S)N1CCCC1)C(=O)Nc1ccc(F)c(F)c1F. The maximum absolute atomic E-state index is 13.5. The molecule has 8 heteroatoms. The number of hydrogen-bond acceptors (Lipinski definition) is 3. The molecular formula is C14H15F3N2OS2. The minimum absolute atomic E-state index is 0.386. The molecule has 2 rings (SSSR count). The fourth-order valence-corrected chi connectivity index (χ4v) is 3.45. The summed E-state index contributed by atoms with van der Waals surface area (Å²) in [7, 11) is 0. The van der Waals surface area contributed by atoms with Gasteiger partial charge in [-0.3, -0.25) is 4.79 Å². The zero-order chi connectivity index (χ0) is 16.3. The van der Waals surface area contributed by atoms with Crippen molar-refractivity contribution in [2.75, 3.05) is 18.4 Å². The lowest BCUT2D eigenvalue weighted by molar-refractivity contribution is -0.115. The quantitative estimate of drug-likeness (QED) is 0.669. The molecule has 0 unspecified atom stereocenters. The lowest BCUT2D eigenvalue weighted by atomic mass is 10.2. The molecule has 0 aromatic heterocycles. The predicted octanol–water partition coefficient (Wildman–Crippen LogP) is 3.54. The minimum atomic E-state index is -1.61. The van der Waals surface area contributed by atoms with E-state index in [1.807, 2.05) is 4.90 Å². The van der Waals surface area contributed by atoms with E-state index >= 15 is 0 Å². The molecule has 1 heterocycles. The molecule has 22 heavy (non-hydrogen) atoms. The van der Waals surface area contributed by atoms with Crippen LogP contribution in [0.15, 0.2) is 12.1 Å². The Morgan fingerprint density at radius 1 is 1.27 bits per heavy atom. The Morgan fingerprint density at radius 3 is 2.55 bits per heavy atom. The minimum Gasteiger partial charge on any atom is -0.358 e. The molecule has 1 atom stereocenters. The van der Waals surface area contributed by atoms with Crippen molar-refractivity contribution >= 4 is 39.9 Å². The lowest BCUT2D eigenvalue weighted by Crippen LogP contribution is -2.29. The summed E-state index contributed by atoms with van der Waals surface area (Å²) in [6.45, 7) is 3.37. The molecule has 1 saturated heterocycles. The molecule has 1 fully saturated rings. The van der Waals surface area contributed by atoms with E-state index in [9.17, 15) is 18.0 Å². The highest BCUT2D eigenvalue weighted by Crippen LogP contribution is 2.23. The van der Waals surface area contributed by atoms with E-state index in [1.165, 1.54) is 11.8 Å². The largest absolute Gasteiger partial charge is 0.358 e. The number of thiocarbonyl (C=S) groups is 1. The van der Waals surface area contributed by atoms with Crippen LogP contribution in [0.25, 0.3) is 0 Å². The first-order valence-electron chi connectivity index (χ1n) is 6.80.